The molecule has 2 N–H and O–H groups in total. The number of alkyl halides is 3. The predicted molar refractivity (Wildman–Crippen MR) is 55.2 cm³/mol. The monoisotopic (exact) mass is 254 g/mol. The van der Waals surface area contributed by atoms with Crippen LogP contribution in [0.2, 0.25) is 0 Å². The highest BCUT2D eigenvalue weighted by Crippen LogP contribution is 2.27. The van der Waals surface area contributed by atoms with Crippen LogP contribution in [-0.4, -0.2) is 29.4 Å². The maximum atomic E-state index is 12.0. The first-order valence-electron chi connectivity index (χ1n) is 4.75. The van der Waals surface area contributed by atoms with E-state index in [1.807, 2.05) is 0 Å². The summed E-state index contributed by atoms with van der Waals surface area (Å²) in [6, 6.07) is -0.632. The van der Waals surface area contributed by atoms with Gasteiger partial charge in [0.15, 0.2) is 0 Å². The Labute approximate surface area is 95.3 Å². The van der Waals surface area contributed by atoms with Crippen molar-refractivity contribution in [1.29, 1.82) is 0 Å². The largest absolute Gasteiger partial charge is 0.389 e. The normalized spacial score (nSPS) is 16.1. The molecule has 0 aliphatic rings. The van der Waals surface area contributed by atoms with Crippen LogP contribution in [0.4, 0.5) is 13.2 Å². The topological polar surface area (TPSA) is 45.1 Å². The molecule has 3 nitrogen and oxygen atoms in total. The summed E-state index contributed by atoms with van der Waals surface area (Å²) in [7, 11) is 1.53. The zero-order chi connectivity index (χ0) is 12.2. The van der Waals surface area contributed by atoms with Crippen LogP contribution in [0.25, 0.3) is 0 Å². The number of halogens is 3. The van der Waals surface area contributed by atoms with Crippen molar-refractivity contribution in [3.8, 4) is 0 Å². The van der Waals surface area contributed by atoms with Crippen molar-refractivity contribution in [3.05, 3.63) is 16.6 Å². The molecule has 0 aliphatic heterocycles. The predicted octanol–water partition coefficient (Wildman–Crippen LogP) is 2.11. The molecule has 0 fully saturated rings. The summed E-state index contributed by atoms with van der Waals surface area (Å²) in [5.41, 5.74) is 0. The standard InChI is InChI=1S/C9H13F3N2OS/c1-13-6(2-3-9(10,11)12)7(15)8-14-4-5-16-8/h4-7,13,15H,2-3H2,1H3. The first-order chi connectivity index (χ1) is 7.44. The Morgan fingerprint density at radius 3 is 2.69 bits per heavy atom. The van der Waals surface area contributed by atoms with Crippen LogP contribution in [0.15, 0.2) is 11.6 Å². The summed E-state index contributed by atoms with van der Waals surface area (Å²) in [6.45, 7) is 0. The van der Waals surface area contributed by atoms with Gasteiger partial charge in [-0.1, -0.05) is 0 Å². The second-order valence-corrected chi connectivity index (χ2v) is 4.29. The van der Waals surface area contributed by atoms with Crippen molar-refractivity contribution in [2.75, 3.05) is 7.05 Å². The Morgan fingerprint density at radius 1 is 1.56 bits per heavy atom. The molecule has 0 saturated heterocycles. The number of hydrogen-bond donors (Lipinski definition) is 2. The van der Waals surface area contributed by atoms with E-state index in [4.69, 9.17) is 0 Å². The molecule has 92 valence electrons. The highest BCUT2D eigenvalue weighted by molar-refractivity contribution is 7.09. The first kappa shape index (κ1) is 13.4. The Balaban J connectivity index is 2.54. The number of likely N-dealkylation sites (N-methyl/N-ethyl adjacent to an activating group) is 1. The Hall–Kier alpha value is -0.660. The summed E-state index contributed by atoms with van der Waals surface area (Å²) in [5, 5.41) is 14.6. The third-order valence-corrected chi connectivity index (χ3v) is 3.04. The van der Waals surface area contributed by atoms with E-state index < -0.39 is 24.7 Å². The number of nitrogens with zero attached hydrogens (tertiary/aromatic N) is 1. The van der Waals surface area contributed by atoms with Crippen molar-refractivity contribution >= 4 is 11.3 Å². The molecule has 0 amide bonds. The molecule has 2 unspecified atom stereocenters. The third-order valence-electron chi connectivity index (χ3n) is 2.20. The van der Waals surface area contributed by atoms with Gasteiger partial charge in [-0.05, 0) is 13.5 Å². The lowest BCUT2D eigenvalue weighted by Crippen LogP contribution is -2.33. The van der Waals surface area contributed by atoms with Crippen LogP contribution in [-0.2, 0) is 0 Å². The number of aromatic nitrogens is 1. The first-order valence-corrected chi connectivity index (χ1v) is 5.63. The second kappa shape index (κ2) is 5.60. The van der Waals surface area contributed by atoms with E-state index in [9.17, 15) is 18.3 Å². The lowest BCUT2D eigenvalue weighted by molar-refractivity contribution is -0.137. The van der Waals surface area contributed by atoms with Gasteiger partial charge in [0, 0.05) is 24.0 Å². The molecule has 0 bridgehead atoms. The van der Waals surface area contributed by atoms with Crippen LogP contribution < -0.4 is 5.32 Å². The molecule has 0 aromatic carbocycles. The molecular formula is C9H13F3N2OS. The van der Waals surface area contributed by atoms with Crippen LogP contribution in [0.1, 0.15) is 24.0 Å². The minimum atomic E-state index is -4.20. The molecule has 0 saturated carbocycles. The number of nitrogens with one attached hydrogen (secondary N) is 1. The number of aliphatic hydroxyl groups excluding tert-OH is 1. The van der Waals surface area contributed by atoms with Crippen LogP contribution in [0, 0.1) is 0 Å². The van der Waals surface area contributed by atoms with Crippen LogP contribution in [0.3, 0.4) is 0 Å². The summed E-state index contributed by atoms with van der Waals surface area (Å²) in [6.07, 6.45) is -4.76. The average molecular weight is 254 g/mol. The van der Waals surface area contributed by atoms with Crippen molar-refractivity contribution in [1.82, 2.24) is 10.3 Å². The van der Waals surface area contributed by atoms with Crippen LogP contribution >= 0.6 is 11.3 Å². The van der Waals surface area contributed by atoms with Crippen molar-refractivity contribution in [2.24, 2.45) is 0 Å². The second-order valence-electron chi connectivity index (χ2n) is 3.36. The van der Waals surface area contributed by atoms with E-state index in [-0.39, 0.29) is 6.42 Å². The van der Waals surface area contributed by atoms with Gasteiger partial charge in [0.2, 0.25) is 0 Å². The van der Waals surface area contributed by atoms with E-state index in [0.717, 1.165) is 0 Å². The van der Waals surface area contributed by atoms with E-state index in [0.29, 0.717) is 5.01 Å². The van der Waals surface area contributed by atoms with Crippen LogP contribution in [0.5, 0.6) is 0 Å². The minimum absolute atomic E-state index is 0.166. The summed E-state index contributed by atoms with van der Waals surface area (Å²) < 4.78 is 36.1. The highest BCUT2D eigenvalue weighted by atomic mass is 32.1. The molecule has 16 heavy (non-hydrogen) atoms. The van der Waals surface area contributed by atoms with Gasteiger partial charge in [-0.3, -0.25) is 0 Å². The quantitative estimate of drug-likeness (QED) is 0.846. The van der Waals surface area contributed by atoms with E-state index in [1.54, 1.807) is 5.38 Å². The van der Waals surface area contributed by atoms with Gasteiger partial charge in [0.1, 0.15) is 11.1 Å². The molecule has 2 atom stereocenters. The molecule has 1 aromatic heterocycles. The molecular weight excluding hydrogens is 241 g/mol. The summed E-state index contributed by atoms with van der Waals surface area (Å²) >= 11 is 1.23. The lowest BCUT2D eigenvalue weighted by atomic mass is 10.1. The number of hydrogen-bond acceptors (Lipinski definition) is 4. The van der Waals surface area contributed by atoms with Gasteiger partial charge >= 0.3 is 6.18 Å². The fourth-order valence-electron chi connectivity index (χ4n) is 1.33. The van der Waals surface area contributed by atoms with Gasteiger partial charge < -0.3 is 10.4 Å². The fraction of sp³-hybridized carbons (Fsp3) is 0.667. The van der Waals surface area contributed by atoms with Crippen molar-refractivity contribution in [2.45, 2.75) is 31.2 Å². The lowest BCUT2D eigenvalue weighted by Gasteiger charge is -2.21. The maximum Gasteiger partial charge on any atom is 0.389 e. The highest BCUT2D eigenvalue weighted by Gasteiger charge is 2.30. The minimum Gasteiger partial charge on any atom is -0.384 e. The molecule has 0 spiro atoms. The van der Waals surface area contributed by atoms with E-state index >= 15 is 0 Å². The number of rotatable bonds is 5. The zero-order valence-electron chi connectivity index (χ0n) is 8.66. The van der Waals surface area contributed by atoms with Gasteiger partial charge in [-0.15, -0.1) is 11.3 Å². The van der Waals surface area contributed by atoms with E-state index in [2.05, 4.69) is 10.3 Å². The maximum absolute atomic E-state index is 12.0. The molecule has 0 radical (unpaired) electrons. The molecule has 7 heteroatoms. The van der Waals surface area contributed by atoms with Gasteiger partial charge in [-0.2, -0.15) is 13.2 Å². The average Bonchev–Trinajstić information content (AvgIpc) is 2.69. The summed E-state index contributed by atoms with van der Waals surface area (Å²) in [5.74, 6) is 0. The number of thiazole rings is 1. The fourth-order valence-corrected chi connectivity index (χ4v) is 2.02. The van der Waals surface area contributed by atoms with E-state index in [1.165, 1.54) is 24.6 Å². The van der Waals surface area contributed by atoms with Gasteiger partial charge in [-0.25, -0.2) is 4.98 Å². The SMILES string of the molecule is CNC(CCC(F)(F)F)C(O)c1nccs1. The van der Waals surface area contributed by atoms with Gasteiger partial charge in [0.25, 0.3) is 0 Å². The molecule has 1 rings (SSSR count). The van der Waals surface area contributed by atoms with Gasteiger partial charge in [0.05, 0.1) is 0 Å². The third kappa shape index (κ3) is 4.07. The zero-order valence-corrected chi connectivity index (χ0v) is 9.48. The number of aliphatic hydroxyl groups is 1. The summed E-state index contributed by atoms with van der Waals surface area (Å²) in [4.78, 5) is 3.88. The van der Waals surface area contributed by atoms with Crippen molar-refractivity contribution < 1.29 is 18.3 Å². The Morgan fingerprint density at radius 2 is 2.25 bits per heavy atom. The Kier molecular flexibility index (Phi) is 4.69. The van der Waals surface area contributed by atoms with Crippen molar-refractivity contribution in [3.63, 3.8) is 0 Å². The Bertz CT molecular complexity index is 302. The smallest absolute Gasteiger partial charge is 0.384 e. The molecule has 1 aromatic rings. The molecule has 1 heterocycles. The molecule has 0 aliphatic carbocycles.